The molecule has 2 aliphatic heterocycles. The second-order valence-corrected chi connectivity index (χ2v) is 5.90. The SMILES string of the molecule is COc1cc(C(=O)C2CC3CCC(C2)O3)ccc1C(F)(F)F. The summed E-state index contributed by atoms with van der Waals surface area (Å²) in [5, 5.41) is 0. The van der Waals surface area contributed by atoms with Crippen LogP contribution in [0.25, 0.3) is 0 Å². The van der Waals surface area contributed by atoms with Gasteiger partial charge in [0.25, 0.3) is 0 Å². The van der Waals surface area contributed by atoms with Crippen LogP contribution in [0.4, 0.5) is 13.2 Å². The number of hydrogen-bond donors (Lipinski definition) is 0. The minimum Gasteiger partial charge on any atom is -0.496 e. The summed E-state index contributed by atoms with van der Waals surface area (Å²) in [6.45, 7) is 0. The van der Waals surface area contributed by atoms with Crippen molar-refractivity contribution in [2.75, 3.05) is 7.11 Å². The van der Waals surface area contributed by atoms with E-state index in [2.05, 4.69) is 0 Å². The lowest BCUT2D eigenvalue weighted by Crippen LogP contribution is -2.30. The van der Waals surface area contributed by atoms with Crippen molar-refractivity contribution in [1.82, 2.24) is 0 Å². The van der Waals surface area contributed by atoms with Crippen LogP contribution in [0.3, 0.4) is 0 Å². The van der Waals surface area contributed by atoms with Crippen molar-refractivity contribution in [3.05, 3.63) is 29.3 Å². The average Bonchev–Trinajstić information content (AvgIpc) is 2.83. The molecule has 0 spiro atoms. The molecule has 2 fully saturated rings. The fraction of sp³-hybridized carbons (Fsp3) is 0.562. The van der Waals surface area contributed by atoms with E-state index < -0.39 is 11.7 Å². The molecule has 2 aliphatic rings. The highest BCUT2D eigenvalue weighted by molar-refractivity contribution is 5.98. The van der Waals surface area contributed by atoms with E-state index in [1.165, 1.54) is 19.2 Å². The Balaban J connectivity index is 1.84. The first-order valence-electron chi connectivity index (χ1n) is 7.33. The Morgan fingerprint density at radius 3 is 2.41 bits per heavy atom. The van der Waals surface area contributed by atoms with E-state index in [-0.39, 0.29) is 35.2 Å². The lowest BCUT2D eigenvalue weighted by atomic mass is 9.87. The van der Waals surface area contributed by atoms with Crippen LogP contribution in [0.1, 0.15) is 41.6 Å². The molecule has 0 amide bonds. The fourth-order valence-corrected chi connectivity index (χ4v) is 3.39. The number of alkyl halides is 3. The van der Waals surface area contributed by atoms with Crippen LogP contribution >= 0.6 is 0 Å². The van der Waals surface area contributed by atoms with Crippen LogP contribution in [0, 0.1) is 5.92 Å². The Hall–Kier alpha value is -1.56. The minimum atomic E-state index is -4.50. The maximum absolute atomic E-state index is 12.9. The highest BCUT2D eigenvalue weighted by atomic mass is 19.4. The van der Waals surface area contributed by atoms with Gasteiger partial charge in [-0.25, -0.2) is 0 Å². The van der Waals surface area contributed by atoms with Crippen molar-refractivity contribution in [2.24, 2.45) is 5.92 Å². The smallest absolute Gasteiger partial charge is 0.419 e. The van der Waals surface area contributed by atoms with Gasteiger partial charge in [0.1, 0.15) is 5.75 Å². The number of Topliss-reactive ketones (excluding diaryl/α,β-unsaturated/α-hetero) is 1. The van der Waals surface area contributed by atoms with Gasteiger partial charge in [0, 0.05) is 11.5 Å². The molecule has 2 unspecified atom stereocenters. The van der Waals surface area contributed by atoms with Gasteiger partial charge in [-0.15, -0.1) is 0 Å². The van der Waals surface area contributed by atoms with Crippen molar-refractivity contribution in [2.45, 2.75) is 44.1 Å². The van der Waals surface area contributed by atoms with E-state index in [0.29, 0.717) is 12.8 Å². The van der Waals surface area contributed by atoms with Crippen LogP contribution in [0.15, 0.2) is 18.2 Å². The Kier molecular flexibility index (Phi) is 3.89. The van der Waals surface area contributed by atoms with Crippen LogP contribution in [-0.2, 0) is 10.9 Å². The van der Waals surface area contributed by atoms with Gasteiger partial charge in [-0.3, -0.25) is 4.79 Å². The van der Waals surface area contributed by atoms with Crippen LogP contribution in [0.5, 0.6) is 5.75 Å². The predicted molar refractivity (Wildman–Crippen MR) is 72.9 cm³/mol. The lowest BCUT2D eigenvalue weighted by molar-refractivity contribution is -0.138. The number of hydrogen-bond acceptors (Lipinski definition) is 3. The second-order valence-electron chi connectivity index (χ2n) is 5.90. The molecule has 6 heteroatoms. The summed E-state index contributed by atoms with van der Waals surface area (Å²) in [6, 6.07) is 3.35. The molecular weight excluding hydrogens is 297 g/mol. The zero-order valence-electron chi connectivity index (χ0n) is 12.2. The zero-order chi connectivity index (χ0) is 15.9. The third-order valence-electron chi connectivity index (χ3n) is 4.45. The molecule has 2 saturated heterocycles. The van der Waals surface area contributed by atoms with Crippen LogP contribution in [-0.4, -0.2) is 25.1 Å². The predicted octanol–water partition coefficient (Wildman–Crippen LogP) is 3.85. The molecule has 22 heavy (non-hydrogen) atoms. The average molecular weight is 314 g/mol. The first-order chi connectivity index (χ1) is 10.4. The molecule has 2 atom stereocenters. The number of methoxy groups -OCH3 is 1. The Labute approximate surface area is 126 Å². The number of carbonyl (C=O) groups excluding carboxylic acids is 1. The lowest BCUT2D eigenvalue weighted by Gasteiger charge is -2.27. The molecule has 3 nitrogen and oxygen atoms in total. The summed E-state index contributed by atoms with van der Waals surface area (Å²) in [5.74, 6) is -0.603. The van der Waals surface area contributed by atoms with Crippen molar-refractivity contribution < 1.29 is 27.4 Å². The van der Waals surface area contributed by atoms with Crippen LogP contribution < -0.4 is 4.74 Å². The molecule has 2 bridgehead atoms. The van der Waals surface area contributed by atoms with E-state index in [1.807, 2.05) is 0 Å². The van der Waals surface area contributed by atoms with Crippen molar-refractivity contribution in [3.63, 3.8) is 0 Å². The van der Waals surface area contributed by atoms with E-state index in [0.717, 1.165) is 18.9 Å². The second kappa shape index (κ2) is 5.57. The van der Waals surface area contributed by atoms with Gasteiger partial charge >= 0.3 is 6.18 Å². The molecular formula is C16H17F3O3. The van der Waals surface area contributed by atoms with Crippen LogP contribution in [0.2, 0.25) is 0 Å². The number of carbonyl (C=O) groups is 1. The summed E-state index contributed by atoms with van der Waals surface area (Å²) in [7, 11) is 1.17. The Bertz CT molecular complexity index is 570. The fourth-order valence-electron chi connectivity index (χ4n) is 3.39. The number of fused-ring (bicyclic) bond motifs is 2. The first-order valence-corrected chi connectivity index (χ1v) is 7.33. The third-order valence-corrected chi connectivity index (χ3v) is 4.45. The molecule has 0 aliphatic carbocycles. The number of benzene rings is 1. The largest absolute Gasteiger partial charge is 0.496 e. The maximum Gasteiger partial charge on any atom is 0.419 e. The van der Waals surface area contributed by atoms with Gasteiger partial charge in [-0.05, 0) is 37.8 Å². The van der Waals surface area contributed by atoms with Gasteiger partial charge in [-0.1, -0.05) is 6.07 Å². The standard InChI is InChI=1S/C16H17F3O3/c1-21-14-8-9(2-5-13(14)16(17,18)19)15(20)10-6-11-3-4-12(7-10)22-11/h2,5,8,10-12H,3-4,6-7H2,1H3. The molecule has 0 aromatic heterocycles. The van der Waals surface area contributed by atoms with Gasteiger partial charge in [0.05, 0.1) is 24.9 Å². The van der Waals surface area contributed by atoms with E-state index in [1.54, 1.807) is 0 Å². The van der Waals surface area contributed by atoms with E-state index in [4.69, 9.17) is 9.47 Å². The molecule has 0 N–H and O–H groups in total. The van der Waals surface area contributed by atoms with E-state index in [9.17, 15) is 18.0 Å². The van der Waals surface area contributed by atoms with E-state index >= 15 is 0 Å². The van der Waals surface area contributed by atoms with Crippen molar-refractivity contribution in [3.8, 4) is 5.75 Å². The topological polar surface area (TPSA) is 35.5 Å². The maximum atomic E-state index is 12.9. The molecule has 2 heterocycles. The molecule has 120 valence electrons. The highest BCUT2D eigenvalue weighted by Crippen LogP contribution is 2.39. The zero-order valence-corrected chi connectivity index (χ0v) is 12.2. The quantitative estimate of drug-likeness (QED) is 0.795. The Morgan fingerprint density at radius 2 is 1.86 bits per heavy atom. The molecule has 0 radical (unpaired) electrons. The van der Waals surface area contributed by atoms with Crippen molar-refractivity contribution in [1.29, 1.82) is 0 Å². The number of rotatable bonds is 3. The number of ether oxygens (including phenoxy) is 2. The normalized spacial score (nSPS) is 27.7. The Morgan fingerprint density at radius 1 is 1.23 bits per heavy atom. The highest BCUT2D eigenvalue weighted by Gasteiger charge is 2.39. The number of ketones is 1. The molecule has 1 aromatic carbocycles. The van der Waals surface area contributed by atoms with Gasteiger partial charge in [0.2, 0.25) is 0 Å². The molecule has 0 saturated carbocycles. The monoisotopic (exact) mass is 314 g/mol. The summed E-state index contributed by atoms with van der Waals surface area (Å²) in [5.41, 5.74) is -0.588. The van der Waals surface area contributed by atoms with Gasteiger partial charge < -0.3 is 9.47 Å². The van der Waals surface area contributed by atoms with Crippen molar-refractivity contribution >= 4 is 5.78 Å². The third kappa shape index (κ3) is 2.84. The van der Waals surface area contributed by atoms with Gasteiger partial charge in [0.15, 0.2) is 5.78 Å². The first kappa shape index (κ1) is 15.3. The van der Waals surface area contributed by atoms with Gasteiger partial charge in [-0.2, -0.15) is 13.2 Å². The molecule has 1 aromatic rings. The summed E-state index contributed by atoms with van der Waals surface area (Å²) < 4.78 is 49.1. The molecule has 3 rings (SSSR count). The summed E-state index contributed by atoms with van der Waals surface area (Å²) in [4.78, 5) is 12.6. The number of halogens is 3. The summed E-state index contributed by atoms with van der Waals surface area (Å²) >= 11 is 0. The minimum absolute atomic E-state index is 0.115. The summed E-state index contributed by atoms with van der Waals surface area (Å²) in [6.07, 6.45) is -1.04.